The van der Waals surface area contributed by atoms with E-state index in [9.17, 15) is 5.11 Å². The van der Waals surface area contributed by atoms with Crippen LogP contribution in [0.3, 0.4) is 0 Å². The maximum atomic E-state index is 9.31. The van der Waals surface area contributed by atoms with E-state index >= 15 is 0 Å². The number of benzene rings is 1. The highest BCUT2D eigenvalue weighted by Crippen LogP contribution is 2.26. The fourth-order valence-electron chi connectivity index (χ4n) is 2.65. The number of rotatable bonds is 4. The van der Waals surface area contributed by atoms with Crippen LogP contribution in [0.25, 0.3) is 0 Å². The molecule has 1 fully saturated rings. The summed E-state index contributed by atoms with van der Waals surface area (Å²) in [5, 5.41) is 12.7. The van der Waals surface area contributed by atoms with Gasteiger partial charge in [-0.05, 0) is 37.0 Å². The normalized spacial score (nSPS) is 18.8. The first kappa shape index (κ1) is 13.5. The molecule has 1 aliphatic heterocycles. The number of nitrogens with one attached hydrogen (secondary N) is 1. The molecule has 0 bridgehead atoms. The lowest BCUT2D eigenvalue weighted by Gasteiger charge is -2.35. The number of hydrogen-bond donors (Lipinski definition) is 2. The largest absolute Gasteiger partial charge is 0.396 e. The highest BCUT2D eigenvalue weighted by atomic mass is 16.3. The zero-order valence-electron chi connectivity index (χ0n) is 11.4. The molecule has 1 aromatic rings. The number of nitrogens with zero attached hydrogens (tertiary/aromatic N) is 1. The third-order valence-corrected chi connectivity index (χ3v) is 3.91. The first-order chi connectivity index (χ1) is 8.72. The van der Waals surface area contributed by atoms with E-state index in [0.29, 0.717) is 6.04 Å². The molecule has 100 valence electrons. The van der Waals surface area contributed by atoms with E-state index in [1.165, 1.54) is 16.7 Å². The molecular weight excluding hydrogens is 224 g/mol. The van der Waals surface area contributed by atoms with E-state index < -0.39 is 0 Å². The van der Waals surface area contributed by atoms with Crippen molar-refractivity contribution in [2.24, 2.45) is 0 Å². The summed E-state index contributed by atoms with van der Waals surface area (Å²) in [7, 11) is 0. The Balaban J connectivity index is 2.19. The van der Waals surface area contributed by atoms with Gasteiger partial charge in [0, 0.05) is 38.8 Å². The Morgan fingerprint density at radius 3 is 2.56 bits per heavy atom. The molecule has 3 heteroatoms. The molecule has 1 saturated heterocycles. The van der Waals surface area contributed by atoms with E-state index in [4.69, 9.17) is 0 Å². The second-order valence-corrected chi connectivity index (χ2v) is 5.16. The number of aliphatic hydroxyl groups is 1. The molecule has 0 aromatic heterocycles. The van der Waals surface area contributed by atoms with Crippen molar-refractivity contribution >= 4 is 0 Å². The lowest BCUT2D eigenvalue weighted by Crippen LogP contribution is -2.45. The molecule has 0 radical (unpaired) electrons. The average Bonchev–Trinajstić information content (AvgIpc) is 2.40. The van der Waals surface area contributed by atoms with Gasteiger partial charge in [-0.2, -0.15) is 0 Å². The minimum absolute atomic E-state index is 0.252. The Morgan fingerprint density at radius 1 is 1.22 bits per heavy atom. The lowest BCUT2D eigenvalue weighted by molar-refractivity contribution is 0.141. The molecule has 0 aliphatic carbocycles. The molecule has 1 atom stereocenters. The SMILES string of the molecule is Cc1ccc([C@@H](CCO)N2CCNCC2)cc1C. The fraction of sp³-hybridized carbons (Fsp3) is 0.600. The summed E-state index contributed by atoms with van der Waals surface area (Å²) in [5.41, 5.74) is 4.02. The fourth-order valence-corrected chi connectivity index (χ4v) is 2.65. The van der Waals surface area contributed by atoms with Crippen LogP contribution in [0.4, 0.5) is 0 Å². The van der Waals surface area contributed by atoms with Gasteiger partial charge in [-0.25, -0.2) is 0 Å². The lowest BCUT2D eigenvalue weighted by atomic mass is 9.97. The van der Waals surface area contributed by atoms with E-state index in [2.05, 4.69) is 42.3 Å². The van der Waals surface area contributed by atoms with E-state index in [-0.39, 0.29) is 6.61 Å². The highest BCUT2D eigenvalue weighted by Gasteiger charge is 2.21. The molecular formula is C15H24N2O. The molecule has 0 saturated carbocycles. The van der Waals surface area contributed by atoms with Gasteiger partial charge in [-0.1, -0.05) is 18.2 Å². The monoisotopic (exact) mass is 248 g/mol. The summed E-state index contributed by atoms with van der Waals surface area (Å²) in [6.07, 6.45) is 0.822. The molecule has 1 heterocycles. The topological polar surface area (TPSA) is 35.5 Å². The average molecular weight is 248 g/mol. The third-order valence-electron chi connectivity index (χ3n) is 3.91. The van der Waals surface area contributed by atoms with E-state index in [1.54, 1.807) is 0 Å². The molecule has 18 heavy (non-hydrogen) atoms. The quantitative estimate of drug-likeness (QED) is 0.850. The summed E-state index contributed by atoms with van der Waals surface area (Å²) in [4.78, 5) is 2.48. The standard InChI is InChI=1S/C15H24N2O/c1-12-3-4-14(11-13(12)2)15(5-10-18)17-8-6-16-7-9-17/h3-4,11,15-16,18H,5-10H2,1-2H3/t15-/m1/s1. The Hall–Kier alpha value is -0.900. The van der Waals surface area contributed by atoms with Gasteiger partial charge in [0.2, 0.25) is 0 Å². The van der Waals surface area contributed by atoms with Gasteiger partial charge in [0.05, 0.1) is 0 Å². The highest BCUT2D eigenvalue weighted by molar-refractivity contribution is 5.31. The van der Waals surface area contributed by atoms with Crippen molar-refractivity contribution < 1.29 is 5.11 Å². The second kappa shape index (κ2) is 6.32. The summed E-state index contributed by atoms with van der Waals surface area (Å²) >= 11 is 0. The Bertz CT molecular complexity index is 386. The molecule has 0 unspecified atom stereocenters. The van der Waals surface area contributed by atoms with Crippen molar-refractivity contribution in [1.82, 2.24) is 10.2 Å². The first-order valence-corrected chi connectivity index (χ1v) is 6.85. The second-order valence-electron chi connectivity index (χ2n) is 5.16. The van der Waals surface area contributed by atoms with Crippen molar-refractivity contribution in [3.8, 4) is 0 Å². The Morgan fingerprint density at radius 2 is 1.94 bits per heavy atom. The van der Waals surface area contributed by atoms with Crippen LogP contribution in [-0.4, -0.2) is 42.8 Å². The van der Waals surface area contributed by atoms with Crippen LogP contribution in [0, 0.1) is 13.8 Å². The van der Waals surface area contributed by atoms with Crippen molar-refractivity contribution in [1.29, 1.82) is 0 Å². The van der Waals surface area contributed by atoms with Crippen molar-refractivity contribution in [3.05, 3.63) is 34.9 Å². The molecule has 1 aromatic carbocycles. The smallest absolute Gasteiger partial charge is 0.0449 e. The van der Waals surface area contributed by atoms with Crippen molar-refractivity contribution in [2.45, 2.75) is 26.3 Å². The minimum atomic E-state index is 0.252. The van der Waals surface area contributed by atoms with Gasteiger partial charge < -0.3 is 10.4 Å². The van der Waals surface area contributed by atoms with Gasteiger partial charge in [0.15, 0.2) is 0 Å². The van der Waals surface area contributed by atoms with E-state index in [0.717, 1.165) is 32.6 Å². The Labute approximate surface area is 110 Å². The number of piperazine rings is 1. The predicted octanol–water partition coefficient (Wildman–Crippen LogP) is 1.63. The van der Waals surface area contributed by atoms with Gasteiger partial charge >= 0.3 is 0 Å². The summed E-state index contributed by atoms with van der Waals surface area (Å²) < 4.78 is 0. The van der Waals surface area contributed by atoms with Crippen LogP contribution in [0.1, 0.15) is 29.2 Å². The molecule has 3 nitrogen and oxygen atoms in total. The van der Waals surface area contributed by atoms with Crippen LogP contribution < -0.4 is 5.32 Å². The van der Waals surface area contributed by atoms with Crippen LogP contribution in [0.5, 0.6) is 0 Å². The summed E-state index contributed by atoms with van der Waals surface area (Å²) in [6.45, 7) is 8.79. The Kier molecular flexibility index (Phi) is 4.75. The number of aliphatic hydroxyl groups excluding tert-OH is 1. The predicted molar refractivity (Wildman–Crippen MR) is 74.8 cm³/mol. The van der Waals surface area contributed by atoms with Gasteiger partial charge in [-0.3, -0.25) is 4.90 Å². The zero-order chi connectivity index (χ0) is 13.0. The molecule has 0 amide bonds. The number of hydrogen-bond acceptors (Lipinski definition) is 3. The summed E-state index contributed by atoms with van der Waals surface area (Å²) in [5.74, 6) is 0. The maximum Gasteiger partial charge on any atom is 0.0449 e. The van der Waals surface area contributed by atoms with Gasteiger partial charge in [0.25, 0.3) is 0 Å². The van der Waals surface area contributed by atoms with Gasteiger partial charge in [0.1, 0.15) is 0 Å². The van der Waals surface area contributed by atoms with Crippen molar-refractivity contribution in [2.75, 3.05) is 32.8 Å². The maximum absolute atomic E-state index is 9.31. The zero-order valence-corrected chi connectivity index (χ0v) is 11.4. The van der Waals surface area contributed by atoms with Crippen LogP contribution in [0.2, 0.25) is 0 Å². The van der Waals surface area contributed by atoms with Crippen LogP contribution in [0.15, 0.2) is 18.2 Å². The minimum Gasteiger partial charge on any atom is -0.396 e. The van der Waals surface area contributed by atoms with E-state index in [1.807, 2.05) is 0 Å². The molecule has 2 rings (SSSR count). The van der Waals surface area contributed by atoms with Gasteiger partial charge in [-0.15, -0.1) is 0 Å². The first-order valence-electron chi connectivity index (χ1n) is 6.85. The summed E-state index contributed by atoms with van der Waals surface area (Å²) in [6, 6.07) is 7.04. The molecule has 1 aliphatic rings. The van der Waals surface area contributed by atoms with Crippen LogP contribution in [-0.2, 0) is 0 Å². The van der Waals surface area contributed by atoms with Crippen LogP contribution >= 0.6 is 0 Å². The third kappa shape index (κ3) is 3.10. The van der Waals surface area contributed by atoms with Crippen molar-refractivity contribution in [3.63, 3.8) is 0 Å². The molecule has 2 N–H and O–H groups in total. The number of aryl methyl sites for hydroxylation is 2. The molecule has 0 spiro atoms.